The van der Waals surface area contributed by atoms with Gasteiger partial charge in [0.1, 0.15) is 94.8 Å². The lowest BCUT2D eigenvalue weighted by molar-refractivity contribution is -0.191. The molecule has 0 N–H and O–H groups in total. The van der Waals surface area contributed by atoms with Crippen molar-refractivity contribution in [2.75, 3.05) is 0 Å². The van der Waals surface area contributed by atoms with Crippen molar-refractivity contribution in [2.45, 2.75) is 37.6 Å². The maximum absolute atomic E-state index is 15.4. The molecule has 0 bridgehead atoms. The van der Waals surface area contributed by atoms with E-state index in [0.29, 0.717) is 46.5 Å². The molecule has 2 aromatic heterocycles. The lowest BCUT2D eigenvalue weighted by atomic mass is 9.75. The second kappa shape index (κ2) is 25.9. The predicted octanol–water partition coefficient (Wildman–Crippen LogP) is 13.8. The number of Topliss-reactive ketones (excluding diaryl/α,β-unsaturated/α-hetero) is 2. The smallest absolute Gasteiger partial charge is 0.367 e. The predicted molar refractivity (Wildman–Crippen MR) is 350 cm³/mol. The number of ether oxygens (including phenoxy) is 6. The van der Waals surface area contributed by atoms with Crippen molar-refractivity contribution in [3.63, 3.8) is 0 Å². The molecule has 14 rings (SSSR count). The number of hydrogen-bond donors (Lipinski definition) is 0. The number of fused-ring (bicyclic) bond motifs is 9. The van der Waals surface area contributed by atoms with Crippen LogP contribution in [-0.4, -0.2) is 46.9 Å². The van der Waals surface area contributed by atoms with Gasteiger partial charge in [-0.05, 0) is 70.8 Å². The number of hydrogen-bond acceptors (Lipinski definition) is 20. The first-order valence-electron chi connectivity index (χ1n) is 30.2. The van der Waals surface area contributed by atoms with E-state index in [4.69, 9.17) is 28.4 Å². The van der Waals surface area contributed by atoms with Crippen molar-refractivity contribution >= 4 is 102 Å². The fourth-order valence-electron chi connectivity index (χ4n) is 12.3. The van der Waals surface area contributed by atoms with Crippen LogP contribution in [0.4, 0.5) is 27.6 Å². The molecule has 4 aliphatic carbocycles. The summed E-state index contributed by atoms with van der Waals surface area (Å²) >= 11 is 1.59. The fourth-order valence-corrected chi connectivity index (χ4v) is 14.5. The molecule has 6 aliphatic rings. The van der Waals surface area contributed by atoms with Crippen LogP contribution in [0.5, 0.6) is 0 Å². The summed E-state index contributed by atoms with van der Waals surface area (Å²) in [6, 6.07) is 45.7. The molecule has 100 heavy (non-hydrogen) atoms. The standard InChI is InChI=1S/C76H40F4N6O12S2/c77-55-25-47-49(27-57(55)79)67(87)65(63(47)45(31-81)32-82)85-61-29-53-69(99-61)51-21-44-24-60-52(22-43(44)23-59(51)97-75(53,71(89)93-35-39-13-5-1-6-14-39)72(90)94-36-40-15-7-2-8-16-40)70-54(30-62(100-70)86-66-64(46(33-83)34-84)48-26-56(78)58(80)28-50(48)68(66)88)76(98-60,73(91)95-37-41-17-9-3-10-18-41)74(92)96-38-42-19-11-4-12-20-42/h1-30,43-44H,35-38H2. The van der Waals surface area contributed by atoms with E-state index in [1.165, 1.54) is 12.1 Å². The highest BCUT2D eigenvalue weighted by Gasteiger charge is 2.62. The minimum absolute atomic E-state index is 0.0822. The van der Waals surface area contributed by atoms with E-state index in [1.807, 2.05) is 0 Å². The number of carbonyl (C=O) groups excluding carboxylic acids is 6. The number of rotatable bonds is 14. The topological polar surface area (TPSA) is 278 Å². The van der Waals surface area contributed by atoms with E-state index in [-0.39, 0.29) is 64.7 Å². The first kappa shape index (κ1) is 64.3. The third-order valence-corrected chi connectivity index (χ3v) is 19.2. The van der Waals surface area contributed by atoms with Gasteiger partial charge in [-0.15, -0.1) is 22.7 Å². The van der Waals surface area contributed by atoms with Gasteiger partial charge in [-0.3, -0.25) is 9.59 Å². The van der Waals surface area contributed by atoms with Gasteiger partial charge in [-0.2, -0.15) is 21.0 Å². The summed E-state index contributed by atoms with van der Waals surface area (Å²) in [5, 5.41) is 40.4. The molecule has 0 saturated carbocycles. The van der Waals surface area contributed by atoms with E-state index in [2.05, 4.69) is 9.98 Å². The van der Waals surface area contributed by atoms with Crippen LogP contribution in [0.3, 0.4) is 0 Å². The summed E-state index contributed by atoms with van der Waals surface area (Å²) in [6.45, 7) is -1.60. The Balaban J connectivity index is 0.960. The number of thiophene rings is 2. The lowest BCUT2D eigenvalue weighted by Gasteiger charge is -2.41. The normalized spacial score (nSPS) is 17.5. The van der Waals surface area contributed by atoms with Crippen molar-refractivity contribution in [2.24, 2.45) is 21.8 Å². The second-order valence-electron chi connectivity index (χ2n) is 23.0. The molecule has 486 valence electrons. The number of allylic oxidation sites excluding steroid dienone is 10. The summed E-state index contributed by atoms with van der Waals surface area (Å²) < 4.78 is 97.6. The van der Waals surface area contributed by atoms with Gasteiger partial charge in [-0.1, -0.05) is 133 Å². The van der Waals surface area contributed by atoms with Gasteiger partial charge < -0.3 is 28.4 Å². The highest BCUT2D eigenvalue weighted by atomic mass is 32.1. The molecular formula is C76H40F4N6O12S2. The Morgan fingerprint density at radius 2 is 0.720 bits per heavy atom. The minimum Gasteiger partial charge on any atom is -0.459 e. The average molecular weight is 1370 g/mol. The number of ketones is 2. The van der Waals surface area contributed by atoms with Gasteiger partial charge in [0.2, 0.25) is 11.6 Å². The molecule has 2 atom stereocenters. The largest absolute Gasteiger partial charge is 0.459 e. The number of aliphatic imine (C=N–C) groups is 2. The van der Waals surface area contributed by atoms with Gasteiger partial charge in [0, 0.05) is 77.3 Å². The monoisotopic (exact) mass is 1370 g/mol. The van der Waals surface area contributed by atoms with Crippen molar-refractivity contribution in [1.82, 2.24) is 0 Å². The number of halogens is 4. The van der Waals surface area contributed by atoms with Gasteiger partial charge >= 0.3 is 35.1 Å². The molecule has 0 amide bonds. The average Bonchev–Trinajstić information content (AvgIpc) is 1.30. The van der Waals surface area contributed by atoms with Gasteiger partial charge in [0.05, 0.1) is 0 Å². The molecule has 6 aromatic carbocycles. The van der Waals surface area contributed by atoms with Gasteiger partial charge in [0.25, 0.3) is 0 Å². The Labute approximate surface area is 571 Å². The maximum Gasteiger partial charge on any atom is 0.367 e. The SMILES string of the molecule is N#CC(C#N)=C1C(=Nc2cc3c(s2)C2=CC4C=C5OC(C(=O)OCc6ccccc6)(C(=O)OCc6ccccc6)c6cc(N=C7C(=O)c8cc(F)c(F)cc8C7=C(C#N)C#N)sc6C5=CC4C=C2OC3(C(=O)OCc2ccccc2)C(=O)OCc2ccccc2)C(=O)c2cc(F)c(F)cc21. The number of esters is 4. The zero-order valence-electron chi connectivity index (χ0n) is 51.2. The van der Waals surface area contributed by atoms with E-state index >= 15 is 28.0 Å². The number of nitriles is 4. The number of carbonyl (C=O) groups is 6. The summed E-state index contributed by atoms with van der Waals surface area (Å²) in [6.07, 6.45) is 6.46. The zero-order chi connectivity index (χ0) is 69.7. The number of nitrogens with zero attached hydrogens (tertiary/aromatic N) is 6. The highest BCUT2D eigenvalue weighted by Crippen LogP contribution is 2.58. The Morgan fingerprint density at radius 3 is 1.01 bits per heavy atom. The molecule has 0 saturated heterocycles. The van der Waals surface area contributed by atoms with Crippen LogP contribution in [0, 0.1) is 80.4 Å². The van der Waals surface area contributed by atoms with Crippen molar-refractivity contribution in [3.8, 4) is 24.3 Å². The molecule has 18 nitrogen and oxygen atoms in total. The van der Waals surface area contributed by atoms with Gasteiger partial charge in [-0.25, -0.2) is 46.7 Å². The molecule has 0 spiro atoms. The van der Waals surface area contributed by atoms with Crippen molar-refractivity contribution in [1.29, 1.82) is 21.0 Å². The van der Waals surface area contributed by atoms with E-state index in [0.717, 1.165) is 22.7 Å². The fraction of sp³-hybridized carbons (Fsp3) is 0.105. The molecule has 24 heteroatoms. The Morgan fingerprint density at radius 1 is 0.430 bits per heavy atom. The van der Waals surface area contributed by atoms with Crippen LogP contribution in [0.25, 0.3) is 22.3 Å². The highest BCUT2D eigenvalue weighted by molar-refractivity contribution is 7.17. The molecule has 4 heterocycles. The Kier molecular flexibility index (Phi) is 16.6. The lowest BCUT2D eigenvalue weighted by Crippen LogP contribution is -2.51. The first-order valence-corrected chi connectivity index (χ1v) is 31.8. The summed E-state index contributed by atoms with van der Waals surface area (Å²) in [5.41, 5.74) is -8.73. The number of benzene rings is 6. The summed E-state index contributed by atoms with van der Waals surface area (Å²) in [4.78, 5) is 99.9. The van der Waals surface area contributed by atoms with Crippen LogP contribution in [0.1, 0.15) is 75.0 Å². The second-order valence-corrected chi connectivity index (χ2v) is 25.1. The third-order valence-electron chi connectivity index (χ3n) is 17.0. The quantitative estimate of drug-likeness (QED) is 0.0321. The zero-order valence-corrected chi connectivity index (χ0v) is 52.8. The van der Waals surface area contributed by atoms with Crippen LogP contribution in [0.2, 0.25) is 0 Å². The Bertz CT molecular complexity index is 4920. The van der Waals surface area contributed by atoms with Crippen LogP contribution >= 0.6 is 22.7 Å². The van der Waals surface area contributed by atoms with E-state index in [9.17, 15) is 39.4 Å². The molecular weight excluding hydrogens is 1330 g/mol. The molecule has 8 aromatic rings. The molecule has 0 radical (unpaired) electrons. The van der Waals surface area contributed by atoms with Crippen LogP contribution < -0.4 is 0 Å². The third kappa shape index (κ3) is 11.0. The maximum atomic E-state index is 15.4. The summed E-state index contributed by atoms with van der Waals surface area (Å²) in [7, 11) is 0. The van der Waals surface area contributed by atoms with Crippen LogP contribution in [0.15, 0.2) is 215 Å². The van der Waals surface area contributed by atoms with Crippen molar-refractivity contribution in [3.05, 3.63) is 293 Å². The first-order chi connectivity index (χ1) is 48.5. The van der Waals surface area contributed by atoms with E-state index < -0.39 is 153 Å². The molecule has 0 fully saturated rings. The van der Waals surface area contributed by atoms with Gasteiger partial charge in [0.15, 0.2) is 23.3 Å². The Hall–Kier alpha value is -13.0. The summed E-state index contributed by atoms with van der Waals surface area (Å²) in [5.74, 6) is -14.8. The van der Waals surface area contributed by atoms with E-state index in [1.54, 1.807) is 170 Å². The van der Waals surface area contributed by atoms with Crippen LogP contribution in [-0.2, 0) is 85.2 Å². The van der Waals surface area contributed by atoms with Crippen molar-refractivity contribution < 1.29 is 74.8 Å². The molecule has 2 aliphatic heterocycles. The minimum atomic E-state index is -2.88. The molecule has 2 unspecified atom stereocenters.